The third kappa shape index (κ3) is 1.71. The van der Waals surface area contributed by atoms with E-state index in [1.54, 1.807) is 0 Å². The Morgan fingerprint density at radius 2 is 2.38 bits per heavy atom. The van der Waals surface area contributed by atoms with Crippen LogP contribution in [0.4, 0.5) is 5.82 Å². The van der Waals surface area contributed by atoms with Crippen LogP contribution in [0.25, 0.3) is 11.2 Å². The van der Waals surface area contributed by atoms with Crippen molar-refractivity contribution in [3.8, 4) is 0 Å². The van der Waals surface area contributed by atoms with Crippen LogP contribution in [0.1, 0.15) is 12.8 Å². The lowest BCUT2D eigenvalue weighted by Gasteiger charge is -2.24. The maximum absolute atomic E-state index is 5.13. The van der Waals surface area contributed by atoms with Gasteiger partial charge in [-0.05, 0) is 19.4 Å². The zero-order valence-corrected chi connectivity index (χ0v) is 8.81. The lowest BCUT2D eigenvalue weighted by Crippen LogP contribution is -2.38. The second-order valence-corrected chi connectivity index (χ2v) is 3.92. The Kier molecular flexibility index (Phi) is 2.41. The molecule has 3 heterocycles. The molecule has 0 saturated carbocycles. The van der Waals surface area contributed by atoms with E-state index in [4.69, 9.17) is 4.42 Å². The number of fused-ring (bicyclic) bond motifs is 1. The number of nitrogens with one attached hydrogen (secondary N) is 2. The minimum Gasteiger partial charge on any atom is -0.425 e. The molecule has 2 N–H and O–H groups in total. The Labute approximate surface area is 92.5 Å². The van der Waals surface area contributed by atoms with Gasteiger partial charge in [0.05, 0.1) is 0 Å². The number of rotatable bonds is 2. The first-order valence-electron chi connectivity index (χ1n) is 5.45. The standard InChI is InChI=1S/C10H13N5O/c1-2-7(4-11-3-1)15-9-8-10(13-5-12-9)16-6-14-8/h5-7,11H,1-4H2,(H,12,13,15). The van der Waals surface area contributed by atoms with Gasteiger partial charge in [-0.25, -0.2) is 9.97 Å². The number of aromatic nitrogens is 3. The number of nitrogens with zero attached hydrogens (tertiary/aromatic N) is 3. The molecule has 2 aromatic rings. The third-order valence-corrected chi connectivity index (χ3v) is 2.77. The van der Waals surface area contributed by atoms with Gasteiger partial charge in [0.1, 0.15) is 6.33 Å². The molecule has 3 rings (SSSR count). The summed E-state index contributed by atoms with van der Waals surface area (Å²) in [5.74, 6) is 0.757. The van der Waals surface area contributed by atoms with Crippen LogP contribution in [0.2, 0.25) is 0 Å². The molecule has 0 amide bonds. The first-order valence-corrected chi connectivity index (χ1v) is 5.45. The molecule has 84 valence electrons. The van der Waals surface area contributed by atoms with E-state index >= 15 is 0 Å². The predicted molar refractivity (Wildman–Crippen MR) is 59.1 cm³/mol. The second kappa shape index (κ2) is 4.05. The van der Waals surface area contributed by atoms with E-state index in [9.17, 15) is 0 Å². The molecule has 2 aromatic heterocycles. The summed E-state index contributed by atoms with van der Waals surface area (Å²) in [5, 5.41) is 6.72. The molecular formula is C10H13N5O. The summed E-state index contributed by atoms with van der Waals surface area (Å²) < 4.78 is 5.13. The molecular weight excluding hydrogens is 206 g/mol. The van der Waals surface area contributed by atoms with E-state index in [1.807, 2.05) is 0 Å². The highest BCUT2D eigenvalue weighted by Crippen LogP contribution is 2.18. The van der Waals surface area contributed by atoms with E-state index in [-0.39, 0.29) is 0 Å². The molecule has 1 atom stereocenters. The average molecular weight is 219 g/mol. The molecule has 6 heteroatoms. The number of hydrogen-bond acceptors (Lipinski definition) is 6. The molecule has 0 aromatic carbocycles. The molecule has 1 saturated heterocycles. The summed E-state index contributed by atoms with van der Waals surface area (Å²) in [4.78, 5) is 12.3. The van der Waals surface area contributed by atoms with Gasteiger partial charge in [0.15, 0.2) is 17.7 Å². The monoisotopic (exact) mass is 219 g/mol. The van der Waals surface area contributed by atoms with Crippen molar-refractivity contribution < 1.29 is 4.42 Å². The first kappa shape index (κ1) is 9.53. The van der Waals surface area contributed by atoms with Gasteiger partial charge in [0.2, 0.25) is 0 Å². The molecule has 1 aliphatic heterocycles. The van der Waals surface area contributed by atoms with Gasteiger partial charge < -0.3 is 15.1 Å². The molecule has 0 spiro atoms. The van der Waals surface area contributed by atoms with Crippen LogP contribution in [-0.4, -0.2) is 34.1 Å². The largest absolute Gasteiger partial charge is 0.425 e. The van der Waals surface area contributed by atoms with Crippen LogP contribution in [0.15, 0.2) is 17.1 Å². The van der Waals surface area contributed by atoms with Gasteiger partial charge >= 0.3 is 0 Å². The highest BCUT2D eigenvalue weighted by molar-refractivity contribution is 5.80. The van der Waals surface area contributed by atoms with Gasteiger partial charge in [-0.3, -0.25) is 0 Å². The van der Waals surface area contributed by atoms with E-state index in [1.165, 1.54) is 19.1 Å². The number of hydrogen-bond donors (Lipinski definition) is 2. The SMILES string of the molecule is c1nc(NC2CCCNC2)c2ncoc2n1. The van der Waals surface area contributed by atoms with Crippen LogP contribution >= 0.6 is 0 Å². The topological polar surface area (TPSA) is 75.9 Å². The smallest absolute Gasteiger partial charge is 0.251 e. The Morgan fingerprint density at radius 1 is 1.38 bits per heavy atom. The highest BCUT2D eigenvalue weighted by Gasteiger charge is 2.15. The van der Waals surface area contributed by atoms with Crippen molar-refractivity contribution in [3.63, 3.8) is 0 Å². The third-order valence-electron chi connectivity index (χ3n) is 2.77. The molecule has 1 unspecified atom stereocenters. The van der Waals surface area contributed by atoms with E-state index in [2.05, 4.69) is 25.6 Å². The fourth-order valence-corrected chi connectivity index (χ4v) is 1.97. The van der Waals surface area contributed by atoms with Crippen molar-refractivity contribution in [2.24, 2.45) is 0 Å². The summed E-state index contributed by atoms with van der Waals surface area (Å²) in [5.41, 5.74) is 1.23. The van der Waals surface area contributed by atoms with Gasteiger partial charge in [-0.15, -0.1) is 0 Å². The van der Waals surface area contributed by atoms with Crippen LogP contribution < -0.4 is 10.6 Å². The quantitative estimate of drug-likeness (QED) is 0.777. The Hall–Kier alpha value is -1.69. The second-order valence-electron chi connectivity index (χ2n) is 3.92. The summed E-state index contributed by atoms with van der Waals surface area (Å²) in [6.45, 7) is 2.06. The maximum Gasteiger partial charge on any atom is 0.251 e. The van der Waals surface area contributed by atoms with Crippen molar-refractivity contribution >= 4 is 17.0 Å². The highest BCUT2D eigenvalue weighted by atomic mass is 16.3. The minimum atomic E-state index is 0.406. The normalized spacial score (nSPS) is 21.1. The molecule has 16 heavy (non-hydrogen) atoms. The average Bonchev–Trinajstić information content (AvgIpc) is 2.80. The zero-order chi connectivity index (χ0) is 10.8. The summed E-state index contributed by atoms with van der Waals surface area (Å²) in [7, 11) is 0. The number of piperidine rings is 1. The molecule has 1 aliphatic rings. The summed E-state index contributed by atoms with van der Waals surface area (Å²) in [6.07, 6.45) is 5.22. The van der Waals surface area contributed by atoms with Crippen molar-refractivity contribution in [2.75, 3.05) is 18.4 Å². The molecule has 6 nitrogen and oxygen atoms in total. The van der Waals surface area contributed by atoms with Gasteiger partial charge in [-0.2, -0.15) is 4.98 Å². The van der Waals surface area contributed by atoms with Gasteiger partial charge in [-0.1, -0.05) is 0 Å². The number of anilines is 1. The van der Waals surface area contributed by atoms with E-state index in [0.29, 0.717) is 17.3 Å². The maximum atomic E-state index is 5.13. The number of oxazole rings is 1. The zero-order valence-electron chi connectivity index (χ0n) is 8.81. The molecule has 0 radical (unpaired) electrons. The van der Waals surface area contributed by atoms with E-state index < -0.39 is 0 Å². The Bertz CT molecular complexity index is 477. The van der Waals surface area contributed by atoms with Gasteiger partial charge in [0.25, 0.3) is 5.71 Å². The van der Waals surface area contributed by atoms with Crippen LogP contribution in [-0.2, 0) is 0 Å². The summed E-state index contributed by atoms with van der Waals surface area (Å²) in [6, 6.07) is 0.406. The fraction of sp³-hybridized carbons (Fsp3) is 0.500. The first-order chi connectivity index (χ1) is 7.93. The van der Waals surface area contributed by atoms with Crippen molar-refractivity contribution in [2.45, 2.75) is 18.9 Å². The lowest BCUT2D eigenvalue weighted by molar-refractivity contribution is 0.479. The van der Waals surface area contributed by atoms with Crippen molar-refractivity contribution in [1.29, 1.82) is 0 Å². The fourth-order valence-electron chi connectivity index (χ4n) is 1.97. The summed E-state index contributed by atoms with van der Waals surface area (Å²) >= 11 is 0. The molecule has 0 bridgehead atoms. The predicted octanol–water partition coefficient (Wildman–Crippen LogP) is 0.782. The Balaban J connectivity index is 1.85. The van der Waals surface area contributed by atoms with Crippen molar-refractivity contribution in [1.82, 2.24) is 20.3 Å². The molecule has 0 aliphatic carbocycles. The van der Waals surface area contributed by atoms with E-state index in [0.717, 1.165) is 25.3 Å². The van der Waals surface area contributed by atoms with Gasteiger partial charge in [0, 0.05) is 12.6 Å². The van der Waals surface area contributed by atoms with Crippen LogP contribution in [0.5, 0.6) is 0 Å². The molecule has 1 fully saturated rings. The Morgan fingerprint density at radius 3 is 3.25 bits per heavy atom. The van der Waals surface area contributed by atoms with Crippen LogP contribution in [0, 0.1) is 0 Å². The van der Waals surface area contributed by atoms with Crippen molar-refractivity contribution in [3.05, 3.63) is 12.7 Å². The van der Waals surface area contributed by atoms with Crippen LogP contribution in [0.3, 0.4) is 0 Å². The minimum absolute atomic E-state index is 0.406. The lowest BCUT2D eigenvalue weighted by atomic mass is 10.1.